The minimum absolute atomic E-state index is 0.0164. The number of methoxy groups -OCH3 is 2. The first-order valence-electron chi connectivity index (χ1n) is 6.38. The number of benzene rings is 2. The molecule has 0 saturated heterocycles. The molecule has 0 radical (unpaired) electrons. The molecule has 0 aliphatic carbocycles. The van der Waals surface area contributed by atoms with E-state index in [4.69, 9.17) is 9.47 Å². The highest BCUT2D eigenvalue weighted by molar-refractivity contribution is 9.93. The molecule has 0 unspecified atom stereocenters. The van der Waals surface area contributed by atoms with Crippen molar-refractivity contribution in [1.82, 2.24) is 0 Å². The minimum atomic E-state index is -0.579. The SMILES string of the molecule is BrBr.COc1cc(F)c(C=O)cc1Br.COc1ccc(C=O)c(F)c1. The van der Waals surface area contributed by atoms with E-state index < -0.39 is 11.6 Å². The average molecular weight is 547 g/mol. The van der Waals surface area contributed by atoms with Gasteiger partial charge in [0.15, 0.2) is 12.6 Å². The third kappa shape index (κ3) is 7.62. The van der Waals surface area contributed by atoms with E-state index in [-0.39, 0.29) is 11.1 Å². The molecule has 136 valence electrons. The normalized spacial score (nSPS) is 8.92. The maximum atomic E-state index is 12.9. The van der Waals surface area contributed by atoms with Gasteiger partial charge < -0.3 is 9.47 Å². The summed E-state index contributed by atoms with van der Waals surface area (Å²) in [7, 11) is 2.87. The van der Waals surface area contributed by atoms with E-state index in [2.05, 4.69) is 44.2 Å². The number of aldehydes is 2. The Kier molecular flexibility index (Phi) is 12.3. The molecule has 0 aliphatic rings. The largest absolute Gasteiger partial charge is 0.497 e. The molecular formula is C16H13Br3F2O4. The third-order valence-electron chi connectivity index (χ3n) is 2.73. The lowest BCUT2D eigenvalue weighted by Crippen LogP contribution is -1.91. The van der Waals surface area contributed by atoms with Crippen molar-refractivity contribution in [2.75, 3.05) is 14.2 Å². The Labute approximate surface area is 167 Å². The van der Waals surface area contributed by atoms with Gasteiger partial charge in [0.2, 0.25) is 0 Å². The molecule has 25 heavy (non-hydrogen) atoms. The number of hydrogen-bond donors (Lipinski definition) is 0. The first-order chi connectivity index (χ1) is 12.0. The van der Waals surface area contributed by atoms with Crippen molar-refractivity contribution in [3.8, 4) is 11.5 Å². The zero-order chi connectivity index (χ0) is 19.4. The second-order valence-electron chi connectivity index (χ2n) is 4.13. The van der Waals surface area contributed by atoms with E-state index in [9.17, 15) is 18.4 Å². The summed E-state index contributed by atoms with van der Waals surface area (Å²) >= 11 is 8.63. The van der Waals surface area contributed by atoms with Crippen LogP contribution in [0, 0.1) is 11.6 Å². The van der Waals surface area contributed by atoms with Gasteiger partial charge in [-0.2, -0.15) is 0 Å². The smallest absolute Gasteiger partial charge is 0.153 e. The van der Waals surface area contributed by atoms with Crippen molar-refractivity contribution in [2.45, 2.75) is 0 Å². The van der Waals surface area contributed by atoms with Crippen LogP contribution in [-0.2, 0) is 0 Å². The quantitative estimate of drug-likeness (QED) is 0.458. The summed E-state index contributed by atoms with van der Waals surface area (Å²) < 4.78 is 35.7. The van der Waals surface area contributed by atoms with Crippen LogP contribution in [0.5, 0.6) is 11.5 Å². The van der Waals surface area contributed by atoms with Gasteiger partial charge in [-0.3, -0.25) is 9.59 Å². The van der Waals surface area contributed by atoms with Crippen LogP contribution in [0.1, 0.15) is 20.7 Å². The minimum Gasteiger partial charge on any atom is -0.497 e. The van der Waals surface area contributed by atoms with Gasteiger partial charge in [0, 0.05) is 40.4 Å². The molecule has 0 saturated carbocycles. The van der Waals surface area contributed by atoms with Crippen LogP contribution >= 0.6 is 44.2 Å². The van der Waals surface area contributed by atoms with Crippen molar-refractivity contribution in [2.24, 2.45) is 0 Å². The lowest BCUT2D eigenvalue weighted by Gasteiger charge is -2.03. The van der Waals surface area contributed by atoms with E-state index in [0.29, 0.717) is 28.5 Å². The zero-order valence-electron chi connectivity index (χ0n) is 13.1. The number of carbonyl (C=O) groups is 2. The van der Waals surface area contributed by atoms with Gasteiger partial charge in [-0.15, -0.1) is 0 Å². The van der Waals surface area contributed by atoms with Crippen LogP contribution in [0.3, 0.4) is 0 Å². The van der Waals surface area contributed by atoms with Crippen LogP contribution < -0.4 is 9.47 Å². The molecule has 0 aromatic heterocycles. The van der Waals surface area contributed by atoms with Crippen LogP contribution in [0.2, 0.25) is 0 Å². The predicted molar refractivity (Wildman–Crippen MR) is 102 cm³/mol. The van der Waals surface area contributed by atoms with E-state index >= 15 is 0 Å². The lowest BCUT2D eigenvalue weighted by molar-refractivity contribution is 0.111. The Balaban J connectivity index is 0.000000421. The standard InChI is InChI=1S/C8H6BrFO2.C8H7FO2.Br2/c1-12-8-3-7(10)5(4-11)2-6(8)9;1-11-7-3-2-6(5-10)8(9)4-7;1-2/h2-4H,1H3;2-5H,1H3;. The molecule has 9 heteroatoms. The predicted octanol–water partition coefficient (Wildman–Crippen LogP) is 5.75. The number of rotatable bonds is 4. The Morgan fingerprint density at radius 1 is 0.880 bits per heavy atom. The summed E-state index contributed by atoms with van der Waals surface area (Å²) in [5, 5.41) is 0. The fourth-order valence-electron chi connectivity index (χ4n) is 1.52. The molecule has 0 heterocycles. The summed E-state index contributed by atoms with van der Waals surface area (Å²) in [6, 6.07) is 6.62. The van der Waals surface area contributed by atoms with Crippen LogP contribution in [0.15, 0.2) is 34.8 Å². The molecule has 0 N–H and O–H groups in total. The van der Waals surface area contributed by atoms with Crippen LogP contribution in [0.25, 0.3) is 0 Å². The summed E-state index contributed by atoms with van der Waals surface area (Å²) in [5.74, 6) is -0.351. The summed E-state index contributed by atoms with van der Waals surface area (Å²) in [6.45, 7) is 0. The second-order valence-corrected chi connectivity index (χ2v) is 4.99. The van der Waals surface area contributed by atoms with E-state index in [1.54, 1.807) is 0 Å². The Morgan fingerprint density at radius 3 is 1.88 bits per heavy atom. The van der Waals surface area contributed by atoms with Crippen molar-refractivity contribution in [3.05, 3.63) is 57.6 Å². The molecule has 2 rings (SSSR count). The number of ether oxygens (including phenoxy) is 2. The molecule has 0 spiro atoms. The monoisotopic (exact) mass is 544 g/mol. The molecular weight excluding hydrogens is 534 g/mol. The molecule has 2 aromatic rings. The topological polar surface area (TPSA) is 52.6 Å². The molecule has 0 amide bonds. The van der Waals surface area contributed by atoms with Gasteiger partial charge in [-0.1, -0.05) is 0 Å². The summed E-state index contributed by atoms with van der Waals surface area (Å²) in [6.07, 6.45) is 0.925. The molecule has 0 fully saturated rings. The van der Waals surface area contributed by atoms with Crippen molar-refractivity contribution < 1.29 is 27.8 Å². The highest BCUT2D eigenvalue weighted by Crippen LogP contribution is 2.26. The van der Waals surface area contributed by atoms with Gasteiger partial charge in [0.25, 0.3) is 0 Å². The summed E-state index contributed by atoms with van der Waals surface area (Å²) in [4.78, 5) is 20.4. The fraction of sp³-hybridized carbons (Fsp3) is 0.125. The second kappa shape index (κ2) is 13.0. The Morgan fingerprint density at radius 2 is 1.44 bits per heavy atom. The van der Waals surface area contributed by atoms with Gasteiger partial charge in [0.05, 0.1) is 29.8 Å². The molecule has 2 aromatic carbocycles. The Bertz CT molecular complexity index is 712. The molecule has 0 aliphatic heterocycles. The molecule has 0 atom stereocenters. The van der Waals surface area contributed by atoms with E-state index in [0.717, 1.165) is 6.07 Å². The number of carbonyl (C=O) groups excluding carboxylic acids is 2. The van der Waals surface area contributed by atoms with Gasteiger partial charge in [-0.25, -0.2) is 8.78 Å². The van der Waals surface area contributed by atoms with Crippen molar-refractivity contribution in [3.63, 3.8) is 0 Å². The Hall–Kier alpha value is -1.32. The highest BCUT2D eigenvalue weighted by Gasteiger charge is 2.07. The van der Waals surface area contributed by atoms with E-state index in [1.807, 2.05) is 0 Å². The zero-order valence-corrected chi connectivity index (χ0v) is 17.8. The van der Waals surface area contributed by atoms with Gasteiger partial charge >= 0.3 is 0 Å². The van der Waals surface area contributed by atoms with Crippen LogP contribution in [-0.4, -0.2) is 26.8 Å². The molecule has 4 nitrogen and oxygen atoms in total. The average Bonchev–Trinajstić information content (AvgIpc) is 2.65. The van der Waals surface area contributed by atoms with Crippen molar-refractivity contribution >= 4 is 56.8 Å². The van der Waals surface area contributed by atoms with Gasteiger partial charge in [-0.05, 0) is 34.1 Å². The summed E-state index contributed by atoms with van der Waals surface area (Å²) in [5.41, 5.74) is 0.0634. The van der Waals surface area contributed by atoms with Crippen molar-refractivity contribution in [1.29, 1.82) is 0 Å². The maximum absolute atomic E-state index is 12.9. The lowest BCUT2D eigenvalue weighted by atomic mass is 10.2. The number of hydrogen-bond acceptors (Lipinski definition) is 4. The van der Waals surface area contributed by atoms with E-state index in [1.165, 1.54) is 38.5 Å². The van der Waals surface area contributed by atoms with Gasteiger partial charge in [0.1, 0.15) is 23.1 Å². The first kappa shape index (κ1) is 23.7. The number of halogens is 5. The third-order valence-corrected chi connectivity index (χ3v) is 3.35. The highest BCUT2D eigenvalue weighted by atomic mass is 80.9. The molecule has 0 bridgehead atoms. The maximum Gasteiger partial charge on any atom is 0.153 e. The fourth-order valence-corrected chi connectivity index (χ4v) is 2.04. The van der Waals surface area contributed by atoms with Crippen LogP contribution in [0.4, 0.5) is 8.78 Å². The first-order valence-corrected chi connectivity index (χ1v) is 10.9.